The summed E-state index contributed by atoms with van der Waals surface area (Å²) in [5, 5.41) is 10.1. The first-order valence-electron chi connectivity index (χ1n) is 10.0. The monoisotopic (exact) mass is 537 g/mol. The van der Waals surface area contributed by atoms with Gasteiger partial charge >= 0.3 is 192 Å². The van der Waals surface area contributed by atoms with Gasteiger partial charge in [0, 0.05) is 0 Å². The summed E-state index contributed by atoms with van der Waals surface area (Å²) < 4.78 is 14.0. The summed E-state index contributed by atoms with van der Waals surface area (Å²) in [5.74, 6) is -0.666. The average molecular weight is 535 g/mol. The Balaban J connectivity index is 2.10. The van der Waals surface area contributed by atoms with E-state index in [-0.39, 0.29) is 39.6 Å². The van der Waals surface area contributed by atoms with Gasteiger partial charge in [0.15, 0.2) is 0 Å². The van der Waals surface area contributed by atoms with Gasteiger partial charge in [0.25, 0.3) is 0 Å². The summed E-state index contributed by atoms with van der Waals surface area (Å²) in [7, 11) is 1.68. The molecular weight excluding hydrogens is 508 g/mol. The van der Waals surface area contributed by atoms with E-state index < -0.39 is 16.9 Å². The summed E-state index contributed by atoms with van der Waals surface area (Å²) in [6, 6.07) is 23.1. The number of rotatable bonds is 8. The van der Waals surface area contributed by atoms with Crippen molar-refractivity contribution in [1.82, 2.24) is 0 Å². The Bertz CT molecular complexity index is 845. The van der Waals surface area contributed by atoms with Crippen molar-refractivity contribution in [3.63, 3.8) is 0 Å². The first-order valence-corrected chi connectivity index (χ1v) is 13.7. The van der Waals surface area contributed by atoms with E-state index in [1.54, 1.807) is 7.11 Å². The Hall–Kier alpha value is -1.60. The molecule has 0 aromatic heterocycles. The van der Waals surface area contributed by atoms with Crippen LogP contribution in [0, 0.1) is 22.7 Å². The Morgan fingerprint density at radius 1 is 1.13 bits per heavy atom. The Kier molecular flexibility index (Phi) is 7.80. The van der Waals surface area contributed by atoms with Crippen LogP contribution in [0.2, 0.25) is 3.71 Å². The summed E-state index contributed by atoms with van der Waals surface area (Å²) in [6.07, 6.45) is 1.06. The molecule has 1 aliphatic carbocycles. The number of nitriles is 1. The van der Waals surface area contributed by atoms with Gasteiger partial charge in [-0.15, -0.1) is 0 Å². The number of carbonyl (C=O) groups excluding carboxylic acids is 1. The second-order valence-electron chi connectivity index (χ2n) is 7.67. The van der Waals surface area contributed by atoms with Crippen LogP contribution < -0.4 is 8.92 Å². The van der Waals surface area contributed by atoms with Crippen molar-refractivity contribution in [3.8, 4) is 6.07 Å². The van der Waals surface area contributed by atoms with Gasteiger partial charge in [-0.25, -0.2) is 0 Å². The summed E-state index contributed by atoms with van der Waals surface area (Å²) >= 11 is 0.0237. The van der Waals surface area contributed by atoms with Gasteiger partial charge < -0.3 is 0 Å². The van der Waals surface area contributed by atoms with Gasteiger partial charge in [0.2, 0.25) is 0 Å². The molecule has 0 radical (unpaired) electrons. The molecule has 0 N–H and O–H groups in total. The van der Waals surface area contributed by atoms with Crippen LogP contribution in [0.4, 0.5) is 0 Å². The van der Waals surface area contributed by atoms with Gasteiger partial charge in [0.1, 0.15) is 0 Å². The van der Waals surface area contributed by atoms with E-state index in [1.807, 2.05) is 50.2 Å². The molecule has 1 aliphatic rings. The zero-order chi connectivity index (χ0) is 21.6. The Morgan fingerprint density at radius 2 is 1.67 bits per heavy atom. The van der Waals surface area contributed by atoms with Crippen LogP contribution in [0.15, 0.2) is 60.7 Å². The zero-order valence-electron chi connectivity index (χ0n) is 17.5. The number of methoxy groups -OCH3 is 1. The number of benzene rings is 2. The van der Waals surface area contributed by atoms with E-state index in [0.29, 0.717) is 19.4 Å². The fourth-order valence-corrected chi connectivity index (χ4v) is 11.8. The molecule has 0 bridgehead atoms. The van der Waals surface area contributed by atoms with Crippen LogP contribution in [0.5, 0.6) is 0 Å². The van der Waals surface area contributed by atoms with Crippen molar-refractivity contribution >= 4 is 44.8 Å². The number of nitrogens with zero attached hydrogens (tertiary/aromatic N) is 1. The fourth-order valence-electron chi connectivity index (χ4n) is 4.05. The summed E-state index contributed by atoms with van der Waals surface area (Å²) in [6.45, 7) is 4.16. The van der Waals surface area contributed by atoms with Crippen LogP contribution in [0.25, 0.3) is 0 Å². The van der Waals surface area contributed by atoms with E-state index in [9.17, 15) is 10.1 Å². The average Bonchev–Trinajstić information content (AvgIpc) is 3.09. The van der Waals surface area contributed by atoms with Gasteiger partial charge in [-0.3, -0.25) is 0 Å². The number of ether oxygens (including phenoxy) is 2. The molecular formula is C24H27NO3Se2. The molecule has 0 saturated heterocycles. The molecule has 30 heavy (non-hydrogen) atoms. The molecule has 0 heterocycles. The van der Waals surface area contributed by atoms with Crippen LogP contribution >= 0.6 is 0 Å². The molecule has 0 amide bonds. The van der Waals surface area contributed by atoms with E-state index in [0.717, 1.165) is 0 Å². The van der Waals surface area contributed by atoms with Gasteiger partial charge in [0.05, 0.1) is 0 Å². The van der Waals surface area contributed by atoms with Crippen molar-refractivity contribution in [2.24, 2.45) is 11.3 Å². The van der Waals surface area contributed by atoms with Crippen molar-refractivity contribution in [2.45, 2.75) is 36.0 Å². The maximum absolute atomic E-state index is 13.6. The molecule has 2 aromatic carbocycles. The number of carbonyl (C=O) groups is 1. The quantitative estimate of drug-likeness (QED) is 0.386. The topological polar surface area (TPSA) is 59.3 Å². The predicted molar refractivity (Wildman–Crippen MR) is 120 cm³/mol. The molecule has 1 unspecified atom stereocenters. The van der Waals surface area contributed by atoms with Gasteiger partial charge in [-0.1, -0.05) is 0 Å². The number of hydrogen-bond donors (Lipinski definition) is 0. The zero-order valence-corrected chi connectivity index (χ0v) is 21.0. The van der Waals surface area contributed by atoms with Crippen molar-refractivity contribution in [2.75, 3.05) is 13.7 Å². The normalized spacial score (nSPS) is 25.8. The maximum atomic E-state index is 13.6. The molecule has 0 aliphatic heterocycles. The molecule has 6 heteroatoms. The number of esters is 1. The SMILES string of the molecule is CCOC(=O)[C@]1(C([Se]c2ccccc2)[Se]c2ccccc2)C[C@@](C)(OC)CC1C#N. The van der Waals surface area contributed by atoms with Crippen molar-refractivity contribution in [3.05, 3.63) is 60.7 Å². The van der Waals surface area contributed by atoms with E-state index in [2.05, 4.69) is 30.3 Å². The molecule has 1 fully saturated rings. The van der Waals surface area contributed by atoms with Crippen molar-refractivity contribution < 1.29 is 14.3 Å². The first-order chi connectivity index (χ1) is 14.5. The second-order valence-corrected chi connectivity index (χ2v) is 14.1. The molecule has 0 spiro atoms. The molecule has 4 nitrogen and oxygen atoms in total. The first kappa shape index (κ1) is 23.1. The minimum absolute atomic E-state index is 0.0119. The third-order valence-electron chi connectivity index (χ3n) is 5.62. The summed E-state index contributed by atoms with van der Waals surface area (Å²) in [5.41, 5.74) is -1.37. The van der Waals surface area contributed by atoms with E-state index in [1.165, 1.54) is 8.92 Å². The molecule has 3 atom stereocenters. The van der Waals surface area contributed by atoms with Crippen LogP contribution in [0.1, 0.15) is 26.7 Å². The predicted octanol–water partition coefficient (Wildman–Crippen LogP) is 2.68. The molecule has 3 rings (SSSR count). The van der Waals surface area contributed by atoms with E-state index in [4.69, 9.17) is 9.47 Å². The third-order valence-corrected chi connectivity index (χ3v) is 12.7. The van der Waals surface area contributed by atoms with Gasteiger partial charge in [-0.05, 0) is 0 Å². The summed E-state index contributed by atoms with van der Waals surface area (Å²) in [4.78, 5) is 13.6. The number of hydrogen-bond acceptors (Lipinski definition) is 4. The van der Waals surface area contributed by atoms with Gasteiger partial charge in [-0.2, -0.15) is 0 Å². The van der Waals surface area contributed by atoms with E-state index >= 15 is 0 Å². The molecule has 2 aromatic rings. The fraction of sp³-hybridized carbons (Fsp3) is 0.417. The molecule has 158 valence electrons. The van der Waals surface area contributed by atoms with Crippen LogP contribution in [-0.4, -0.2) is 55.2 Å². The Labute approximate surface area is 191 Å². The van der Waals surface area contributed by atoms with Crippen LogP contribution in [-0.2, 0) is 14.3 Å². The molecule has 1 saturated carbocycles. The minimum atomic E-state index is -0.860. The second kappa shape index (κ2) is 10.1. The standard InChI is InChI=1S/C24H27NO3Se2/c1-4-28-21(26)24(17-23(2,27-3)15-18(24)16-25)22(29-19-11-7-5-8-12-19)30-20-13-9-6-10-14-20/h5-14,18,22H,4,15,17H2,1-3H3/t18?,23-,24-/m0/s1. The third kappa shape index (κ3) is 4.83. The van der Waals surface area contributed by atoms with Crippen molar-refractivity contribution in [1.29, 1.82) is 5.26 Å². The van der Waals surface area contributed by atoms with Crippen LogP contribution in [0.3, 0.4) is 0 Å². The Morgan fingerprint density at radius 3 is 2.10 bits per heavy atom.